The van der Waals surface area contributed by atoms with Gasteiger partial charge >= 0.3 is 11.7 Å². The Kier molecular flexibility index (Phi) is 6.67. The average molecular weight is 395 g/mol. The lowest BCUT2D eigenvalue weighted by molar-refractivity contribution is 0.240. The fourth-order valence-electron chi connectivity index (χ4n) is 2.92. The number of carbonyl (C=O) groups excluding carboxylic acids is 1. The van der Waals surface area contributed by atoms with Gasteiger partial charge in [0.05, 0.1) is 13.7 Å². The van der Waals surface area contributed by atoms with Crippen LogP contribution in [0.5, 0.6) is 5.75 Å². The Bertz CT molecular complexity index is 993. The molecule has 3 rings (SSSR count). The molecule has 0 saturated carbocycles. The summed E-state index contributed by atoms with van der Waals surface area (Å²) < 4.78 is 7.99. The van der Waals surface area contributed by atoms with Crippen molar-refractivity contribution in [1.29, 1.82) is 0 Å². The summed E-state index contributed by atoms with van der Waals surface area (Å²) in [5.41, 5.74) is 1.76. The summed E-state index contributed by atoms with van der Waals surface area (Å²) in [6.07, 6.45) is 0.720. The molecule has 8 nitrogen and oxygen atoms in total. The molecule has 0 saturated heterocycles. The summed E-state index contributed by atoms with van der Waals surface area (Å²) in [6, 6.07) is 17.0. The van der Waals surface area contributed by atoms with E-state index in [0.717, 1.165) is 23.3 Å². The van der Waals surface area contributed by atoms with E-state index in [2.05, 4.69) is 15.7 Å². The number of hydrogen-bond donors (Lipinski definition) is 2. The van der Waals surface area contributed by atoms with Crippen LogP contribution in [0.25, 0.3) is 11.4 Å². The van der Waals surface area contributed by atoms with E-state index in [1.165, 1.54) is 9.25 Å². The molecule has 8 heteroatoms. The van der Waals surface area contributed by atoms with Gasteiger partial charge in [-0.15, -0.1) is 5.10 Å². The molecule has 3 aromatic rings. The highest BCUT2D eigenvalue weighted by Gasteiger charge is 2.11. The summed E-state index contributed by atoms with van der Waals surface area (Å²) in [5, 5.41) is 9.94. The third-order valence-electron chi connectivity index (χ3n) is 4.54. The van der Waals surface area contributed by atoms with Crippen LogP contribution in [-0.4, -0.2) is 40.6 Å². The maximum Gasteiger partial charge on any atom is 0.345 e. The minimum absolute atomic E-state index is 0.217. The Hall–Kier alpha value is -3.55. The van der Waals surface area contributed by atoms with Gasteiger partial charge in [0.15, 0.2) is 5.82 Å². The Labute approximate surface area is 169 Å². The number of aromatic nitrogens is 3. The number of amides is 2. The van der Waals surface area contributed by atoms with Gasteiger partial charge in [-0.1, -0.05) is 42.5 Å². The van der Waals surface area contributed by atoms with Crippen LogP contribution in [0.15, 0.2) is 59.4 Å². The largest absolute Gasteiger partial charge is 0.497 e. The van der Waals surface area contributed by atoms with E-state index in [1.807, 2.05) is 54.6 Å². The molecule has 2 N–H and O–H groups in total. The van der Waals surface area contributed by atoms with Gasteiger partial charge in [-0.3, -0.25) is 4.57 Å². The highest BCUT2D eigenvalue weighted by molar-refractivity contribution is 5.73. The van der Waals surface area contributed by atoms with Gasteiger partial charge in [-0.2, -0.15) is 0 Å². The van der Waals surface area contributed by atoms with Crippen LogP contribution in [0.1, 0.15) is 5.56 Å². The van der Waals surface area contributed by atoms with Crippen LogP contribution in [0.3, 0.4) is 0 Å². The van der Waals surface area contributed by atoms with E-state index in [1.54, 1.807) is 14.2 Å². The van der Waals surface area contributed by atoms with Crippen LogP contribution < -0.4 is 21.1 Å². The highest BCUT2D eigenvalue weighted by Crippen LogP contribution is 2.13. The first-order valence-corrected chi connectivity index (χ1v) is 9.42. The van der Waals surface area contributed by atoms with E-state index in [9.17, 15) is 9.59 Å². The SMILES string of the molecule is COc1ccc(CCNC(=O)NCCn2nc(-c3ccccc3)n(C)c2=O)cc1. The number of carbonyl (C=O) groups is 1. The van der Waals surface area contributed by atoms with Gasteiger partial charge in [0.1, 0.15) is 5.75 Å². The molecular formula is C21H25N5O3. The fourth-order valence-corrected chi connectivity index (χ4v) is 2.92. The lowest BCUT2D eigenvalue weighted by Gasteiger charge is -2.08. The topological polar surface area (TPSA) is 90.2 Å². The Morgan fingerprint density at radius 1 is 1.03 bits per heavy atom. The van der Waals surface area contributed by atoms with E-state index < -0.39 is 0 Å². The van der Waals surface area contributed by atoms with Crippen molar-refractivity contribution in [3.8, 4) is 17.1 Å². The van der Waals surface area contributed by atoms with Gasteiger partial charge in [0.2, 0.25) is 0 Å². The first-order valence-electron chi connectivity index (χ1n) is 9.42. The number of benzene rings is 2. The molecule has 2 amide bonds. The first-order chi connectivity index (χ1) is 14.1. The maximum atomic E-state index is 12.3. The predicted molar refractivity (Wildman–Crippen MR) is 111 cm³/mol. The van der Waals surface area contributed by atoms with E-state index in [4.69, 9.17) is 4.74 Å². The summed E-state index contributed by atoms with van der Waals surface area (Å²) in [4.78, 5) is 24.3. The lowest BCUT2D eigenvalue weighted by Crippen LogP contribution is -2.39. The molecule has 0 unspecified atom stereocenters. The summed E-state index contributed by atoms with van der Waals surface area (Å²) in [7, 11) is 3.32. The molecule has 0 atom stereocenters. The van der Waals surface area contributed by atoms with Gasteiger partial charge in [0.25, 0.3) is 0 Å². The Balaban J connectivity index is 1.45. The van der Waals surface area contributed by atoms with E-state index in [-0.39, 0.29) is 11.7 Å². The minimum atomic E-state index is -0.272. The number of rotatable bonds is 8. The number of ether oxygens (including phenoxy) is 1. The smallest absolute Gasteiger partial charge is 0.345 e. The zero-order chi connectivity index (χ0) is 20.6. The molecule has 2 aromatic carbocycles. The second-order valence-electron chi connectivity index (χ2n) is 6.54. The summed E-state index contributed by atoms with van der Waals surface area (Å²) in [5.74, 6) is 1.40. The number of hydrogen-bond acceptors (Lipinski definition) is 4. The van der Waals surface area contributed by atoms with Crippen LogP contribution >= 0.6 is 0 Å². The van der Waals surface area contributed by atoms with Gasteiger partial charge < -0.3 is 15.4 Å². The van der Waals surface area contributed by atoms with Crippen molar-refractivity contribution >= 4 is 6.03 Å². The quantitative estimate of drug-likeness (QED) is 0.609. The molecule has 0 radical (unpaired) electrons. The van der Waals surface area contributed by atoms with Crippen LogP contribution in [-0.2, 0) is 20.0 Å². The van der Waals surface area contributed by atoms with Crippen molar-refractivity contribution in [2.45, 2.75) is 13.0 Å². The molecule has 152 valence electrons. The summed E-state index contributed by atoms with van der Waals surface area (Å²) >= 11 is 0. The third kappa shape index (κ3) is 5.25. The van der Waals surface area contributed by atoms with Crippen molar-refractivity contribution in [2.75, 3.05) is 20.2 Å². The van der Waals surface area contributed by atoms with Crippen molar-refractivity contribution in [3.63, 3.8) is 0 Å². The molecule has 29 heavy (non-hydrogen) atoms. The van der Waals surface area contributed by atoms with Crippen LogP contribution in [0.4, 0.5) is 4.79 Å². The van der Waals surface area contributed by atoms with Crippen molar-refractivity contribution < 1.29 is 9.53 Å². The van der Waals surface area contributed by atoms with E-state index in [0.29, 0.717) is 25.5 Å². The van der Waals surface area contributed by atoms with Gasteiger partial charge in [-0.25, -0.2) is 14.3 Å². The maximum absolute atomic E-state index is 12.3. The molecular weight excluding hydrogens is 370 g/mol. The molecule has 0 aliphatic rings. The standard InChI is InChI=1S/C21H25N5O3/c1-25-19(17-6-4-3-5-7-17)24-26(21(25)28)15-14-23-20(27)22-13-12-16-8-10-18(29-2)11-9-16/h3-11H,12-15H2,1-2H3,(H2,22,23,27). The Morgan fingerprint density at radius 2 is 1.72 bits per heavy atom. The zero-order valence-corrected chi connectivity index (χ0v) is 16.6. The molecule has 0 aliphatic carbocycles. The molecule has 1 aromatic heterocycles. The minimum Gasteiger partial charge on any atom is -0.497 e. The van der Waals surface area contributed by atoms with Crippen molar-refractivity contribution in [3.05, 3.63) is 70.6 Å². The predicted octanol–water partition coefficient (Wildman–Crippen LogP) is 1.80. The van der Waals surface area contributed by atoms with Gasteiger partial charge in [0, 0.05) is 25.7 Å². The third-order valence-corrected chi connectivity index (χ3v) is 4.54. The molecule has 0 bridgehead atoms. The van der Waals surface area contributed by atoms with Crippen LogP contribution in [0.2, 0.25) is 0 Å². The molecule has 0 aliphatic heterocycles. The number of nitrogens with one attached hydrogen (secondary N) is 2. The second-order valence-corrected chi connectivity index (χ2v) is 6.54. The zero-order valence-electron chi connectivity index (χ0n) is 16.6. The van der Waals surface area contributed by atoms with Crippen LogP contribution in [0, 0.1) is 0 Å². The molecule has 0 fully saturated rings. The van der Waals surface area contributed by atoms with E-state index >= 15 is 0 Å². The number of methoxy groups -OCH3 is 1. The number of urea groups is 1. The normalized spacial score (nSPS) is 10.6. The first kappa shape index (κ1) is 20.2. The lowest BCUT2D eigenvalue weighted by atomic mass is 10.1. The average Bonchev–Trinajstić information content (AvgIpc) is 3.03. The van der Waals surface area contributed by atoms with Gasteiger partial charge in [-0.05, 0) is 24.1 Å². The molecule has 0 spiro atoms. The Morgan fingerprint density at radius 3 is 2.41 bits per heavy atom. The monoisotopic (exact) mass is 395 g/mol. The second kappa shape index (κ2) is 9.59. The molecule has 1 heterocycles. The summed E-state index contributed by atoms with van der Waals surface area (Å²) in [6.45, 7) is 1.12. The number of nitrogens with zero attached hydrogens (tertiary/aromatic N) is 3. The van der Waals surface area contributed by atoms with Crippen molar-refractivity contribution in [2.24, 2.45) is 7.05 Å². The van der Waals surface area contributed by atoms with Crippen molar-refractivity contribution in [1.82, 2.24) is 25.0 Å². The fraction of sp³-hybridized carbons (Fsp3) is 0.286. The highest BCUT2D eigenvalue weighted by atomic mass is 16.5.